The minimum atomic E-state index is -1.62. The van der Waals surface area contributed by atoms with Crippen LogP contribution < -0.4 is 5.32 Å². The van der Waals surface area contributed by atoms with Crippen LogP contribution in [0.25, 0.3) is 0 Å². The predicted molar refractivity (Wildman–Crippen MR) is 142 cm³/mol. The first-order valence-electron chi connectivity index (χ1n) is 11.7. The maximum absolute atomic E-state index is 14.3. The zero-order chi connectivity index (χ0) is 27.3. The van der Waals surface area contributed by atoms with Crippen molar-refractivity contribution in [3.63, 3.8) is 0 Å². The third-order valence-electron chi connectivity index (χ3n) is 6.16. The van der Waals surface area contributed by atoms with Crippen LogP contribution in [0.3, 0.4) is 0 Å². The van der Waals surface area contributed by atoms with Gasteiger partial charge in [-0.05, 0) is 81.1 Å². The van der Waals surface area contributed by atoms with Gasteiger partial charge in [0, 0.05) is 17.0 Å². The van der Waals surface area contributed by atoms with Crippen LogP contribution in [0.4, 0.5) is 4.39 Å². The second-order valence-electron chi connectivity index (χ2n) is 9.39. The van der Waals surface area contributed by atoms with Gasteiger partial charge < -0.3 is 10.1 Å². The van der Waals surface area contributed by atoms with Crippen LogP contribution in [-0.2, 0) is 16.0 Å². The largest absolute Gasteiger partial charge is 0.446 e. The van der Waals surface area contributed by atoms with Crippen LogP contribution in [0.1, 0.15) is 59.3 Å². The van der Waals surface area contributed by atoms with Gasteiger partial charge in [0.05, 0.1) is 16.7 Å². The van der Waals surface area contributed by atoms with Gasteiger partial charge in [0.25, 0.3) is 5.91 Å². The fraction of sp³-hybridized carbons (Fsp3) is 0.276. The summed E-state index contributed by atoms with van der Waals surface area (Å²) in [7, 11) is 0. The number of halogens is 3. The molecule has 0 aliphatic carbocycles. The number of carbonyl (C=O) groups is 2. The maximum atomic E-state index is 14.3. The van der Waals surface area contributed by atoms with Crippen molar-refractivity contribution < 1.29 is 18.7 Å². The highest BCUT2D eigenvalue weighted by molar-refractivity contribution is 6.34. The molecule has 37 heavy (non-hydrogen) atoms. The molecule has 3 aromatic carbocycles. The van der Waals surface area contributed by atoms with E-state index in [-0.39, 0.29) is 10.9 Å². The Morgan fingerprint density at radius 3 is 2.43 bits per heavy atom. The summed E-state index contributed by atoms with van der Waals surface area (Å²) >= 11 is 12.2. The number of nitrogens with zero attached hydrogens (tertiary/aromatic N) is 1. The molecular formula is C29H27Cl2FN2O3. The molecule has 0 unspecified atom stereocenters. The molecule has 0 radical (unpaired) electrons. The van der Waals surface area contributed by atoms with Gasteiger partial charge in [-0.2, -0.15) is 5.26 Å². The topological polar surface area (TPSA) is 79.2 Å². The minimum Gasteiger partial charge on any atom is -0.446 e. The van der Waals surface area contributed by atoms with Crippen LogP contribution in [0, 0.1) is 24.1 Å². The number of hydrogen-bond acceptors (Lipinski definition) is 4. The van der Waals surface area contributed by atoms with E-state index >= 15 is 0 Å². The number of esters is 1. The van der Waals surface area contributed by atoms with E-state index in [2.05, 4.69) is 11.4 Å². The molecule has 1 amide bonds. The Kier molecular flexibility index (Phi) is 8.96. The molecule has 0 saturated heterocycles. The Morgan fingerprint density at radius 1 is 1.11 bits per heavy atom. The van der Waals surface area contributed by atoms with Gasteiger partial charge in [0.1, 0.15) is 11.4 Å². The van der Waals surface area contributed by atoms with Crippen molar-refractivity contribution in [1.82, 2.24) is 5.32 Å². The number of nitrogens with one attached hydrogen (secondary N) is 1. The highest BCUT2D eigenvalue weighted by Crippen LogP contribution is 2.28. The number of carbonyl (C=O) groups excluding carboxylic acids is 2. The highest BCUT2D eigenvalue weighted by Gasteiger charge is 2.36. The van der Waals surface area contributed by atoms with Crippen molar-refractivity contribution in [3.05, 3.63) is 104 Å². The average Bonchev–Trinajstić information content (AvgIpc) is 2.85. The highest BCUT2D eigenvalue weighted by atomic mass is 35.5. The molecule has 0 aliphatic heterocycles. The quantitative estimate of drug-likeness (QED) is 0.319. The number of hydrogen-bond donors (Lipinski definition) is 1. The Balaban J connectivity index is 1.83. The van der Waals surface area contributed by atoms with E-state index in [9.17, 15) is 19.2 Å². The fourth-order valence-corrected chi connectivity index (χ4v) is 4.31. The van der Waals surface area contributed by atoms with Gasteiger partial charge in [0.2, 0.25) is 0 Å². The Morgan fingerprint density at radius 2 is 1.78 bits per heavy atom. The van der Waals surface area contributed by atoms with Crippen LogP contribution in [0.15, 0.2) is 60.7 Å². The molecule has 192 valence electrons. The molecule has 0 fully saturated rings. The number of ether oxygens (including phenoxy) is 1. The molecule has 5 nitrogen and oxygen atoms in total. The van der Waals surface area contributed by atoms with E-state index in [1.165, 1.54) is 19.9 Å². The molecule has 0 bridgehead atoms. The van der Waals surface area contributed by atoms with Gasteiger partial charge in [-0.25, -0.2) is 9.18 Å². The Hall–Kier alpha value is -3.40. The molecule has 0 heterocycles. The molecule has 2 atom stereocenters. The van der Waals surface area contributed by atoms with E-state index < -0.39 is 34.9 Å². The van der Waals surface area contributed by atoms with Crippen LogP contribution in [0.2, 0.25) is 10.0 Å². The zero-order valence-corrected chi connectivity index (χ0v) is 22.5. The SMILES string of the molecule is Cc1ccc(F)c(C(=O)OC(C)(C)C(=O)N[C@@H](C)[C@@H](Cc2ccc(Cl)cc2)c2cccc(C#N)c2)c1Cl. The van der Waals surface area contributed by atoms with Crippen LogP contribution >= 0.6 is 23.2 Å². The smallest absolute Gasteiger partial charge is 0.343 e. The molecule has 8 heteroatoms. The van der Waals surface area contributed by atoms with E-state index in [1.807, 2.05) is 25.1 Å². The summed E-state index contributed by atoms with van der Waals surface area (Å²) in [6.45, 7) is 6.34. The number of nitriles is 1. The summed E-state index contributed by atoms with van der Waals surface area (Å²) in [6.07, 6.45) is 0.553. The van der Waals surface area contributed by atoms with Crippen molar-refractivity contribution in [3.8, 4) is 6.07 Å². The van der Waals surface area contributed by atoms with Crippen LogP contribution in [0.5, 0.6) is 0 Å². The third kappa shape index (κ3) is 6.88. The first kappa shape index (κ1) is 28.2. The first-order chi connectivity index (χ1) is 17.4. The summed E-state index contributed by atoms with van der Waals surface area (Å²) in [5, 5.41) is 12.9. The van der Waals surface area contributed by atoms with E-state index in [0.717, 1.165) is 17.2 Å². The van der Waals surface area contributed by atoms with Gasteiger partial charge in [-0.15, -0.1) is 0 Å². The normalized spacial score (nSPS) is 12.8. The third-order valence-corrected chi connectivity index (χ3v) is 6.90. The first-order valence-corrected chi connectivity index (χ1v) is 12.4. The molecule has 0 spiro atoms. The summed E-state index contributed by atoms with van der Waals surface area (Å²) in [5.74, 6) is -2.63. The monoisotopic (exact) mass is 540 g/mol. The predicted octanol–water partition coefficient (Wildman–Crippen LogP) is 6.78. The lowest BCUT2D eigenvalue weighted by molar-refractivity contribution is -0.138. The van der Waals surface area contributed by atoms with Crippen molar-refractivity contribution in [2.75, 3.05) is 0 Å². The van der Waals surface area contributed by atoms with E-state index in [0.29, 0.717) is 22.6 Å². The van der Waals surface area contributed by atoms with Gasteiger partial charge in [-0.3, -0.25) is 4.79 Å². The van der Waals surface area contributed by atoms with E-state index in [4.69, 9.17) is 27.9 Å². The Bertz CT molecular complexity index is 1350. The van der Waals surface area contributed by atoms with Gasteiger partial charge >= 0.3 is 5.97 Å². The van der Waals surface area contributed by atoms with E-state index in [1.54, 1.807) is 37.3 Å². The van der Waals surface area contributed by atoms with Gasteiger partial charge in [-0.1, -0.05) is 53.5 Å². The van der Waals surface area contributed by atoms with Crippen molar-refractivity contribution in [2.45, 2.75) is 51.7 Å². The molecule has 0 aliphatic rings. The number of amides is 1. The molecule has 1 N–H and O–H groups in total. The second-order valence-corrected chi connectivity index (χ2v) is 10.2. The van der Waals surface area contributed by atoms with Crippen molar-refractivity contribution >= 4 is 35.1 Å². The number of benzene rings is 3. The lowest BCUT2D eigenvalue weighted by atomic mass is 9.85. The molecule has 0 saturated carbocycles. The van der Waals surface area contributed by atoms with Gasteiger partial charge in [0.15, 0.2) is 5.60 Å². The minimum absolute atomic E-state index is 0.0602. The lowest BCUT2D eigenvalue weighted by Crippen LogP contribution is -2.50. The Labute approximate surface area is 226 Å². The zero-order valence-electron chi connectivity index (χ0n) is 20.9. The molecule has 3 rings (SSSR count). The number of rotatable bonds is 8. The van der Waals surface area contributed by atoms with Crippen molar-refractivity contribution in [1.29, 1.82) is 5.26 Å². The maximum Gasteiger partial charge on any atom is 0.343 e. The standard InChI is InChI=1S/C29H27Cl2FN2O3/c1-17-8-13-24(32)25(26(17)31)27(35)37-29(3,4)28(36)34-18(2)23(15-19-9-11-22(30)12-10-19)21-7-5-6-20(14-21)16-33/h5-14,18,23H,15H2,1-4H3,(H,34,36)/t18-,23+/m0/s1. The molecular weight excluding hydrogens is 514 g/mol. The molecule has 0 aromatic heterocycles. The molecule has 3 aromatic rings. The summed E-state index contributed by atoms with van der Waals surface area (Å²) < 4.78 is 19.8. The average molecular weight is 541 g/mol. The second kappa shape index (κ2) is 11.8. The fourth-order valence-electron chi connectivity index (χ4n) is 3.95. The number of aryl methyl sites for hydroxylation is 1. The van der Waals surface area contributed by atoms with Crippen molar-refractivity contribution in [2.24, 2.45) is 0 Å². The van der Waals surface area contributed by atoms with Crippen LogP contribution in [-0.4, -0.2) is 23.5 Å². The summed E-state index contributed by atoms with van der Waals surface area (Å²) in [5.41, 5.74) is 0.839. The summed E-state index contributed by atoms with van der Waals surface area (Å²) in [6, 6.07) is 18.9. The lowest BCUT2D eigenvalue weighted by Gasteiger charge is -2.30. The summed E-state index contributed by atoms with van der Waals surface area (Å²) in [4.78, 5) is 26.0.